The highest BCUT2D eigenvalue weighted by molar-refractivity contribution is 14.0. The molecule has 1 aliphatic rings. The van der Waals surface area contributed by atoms with Crippen LogP contribution in [0.3, 0.4) is 0 Å². The van der Waals surface area contributed by atoms with E-state index in [-0.39, 0.29) is 30.1 Å². The molecule has 1 unspecified atom stereocenters. The normalized spacial score (nSPS) is 17.2. The predicted octanol–water partition coefficient (Wildman–Crippen LogP) is 3.12. The summed E-state index contributed by atoms with van der Waals surface area (Å²) >= 11 is 0. The van der Waals surface area contributed by atoms with E-state index in [1.807, 2.05) is 0 Å². The molecule has 2 N–H and O–H groups in total. The fourth-order valence-electron chi connectivity index (χ4n) is 2.74. The van der Waals surface area contributed by atoms with Crippen LogP contribution in [0.25, 0.3) is 0 Å². The number of rotatable bonds is 9. The first kappa shape index (κ1) is 22.2. The number of ether oxygens (including phenoxy) is 2. The number of halogens is 1. The highest BCUT2D eigenvalue weighted by atomic mass is 127. The zero-order valence-corrected chi connectivity index (χ0v) is 17.8. The van der Waals surface area contributed by atoms with E-state index in [1.54, 1.807) is 0 Å². The van der Waals surface area contributed by atoms with Gasteiger partial charge in [-0.05, 0) is 37.3 Å². The van der Waals surface area contributed by atoms with Gasteiger partial charge in [-0.3, -0.25) is 0 Å². The lowest BCUT2D eigenvalue weighted by molar-refractivity contribution is 0.0420. The first-order valence-electron chi connectivity index (χ1n) is 9.11. The van der Waals surface area contributed by atoms with E-state index in [2.05, 4.69) is 48.7 Å². The molecule has 5 nitrogen and oxygen atoms in total. The summed E-state index contributed by atoms with van der Waals surface area (Å²) in [6.07, 6.45) is 3.32. The molecule has 0 spiro atoms. The molecule has 1 saturated heterocycles. The number of benzene rings is 1. The molecule has 1 aromatic rings. The number of nitrogens with zero attached hydrogens (tertiary/aromatic N) is 1. The molecule has 0 aliphatic carbocycles. The van der Waals surface area contributed by atoms with Crippen molar-refractivity contribution in [1.82, 2.24) is 10.6 Å². The lowest BCUT2D eigenvalue weighted by Crippen LogP contribution is -2.38. The Morgan fingerprint density at radius 1 is 1.24 bits per heavy atom. The third-order valence-corrected chi connectivity index (χ3v) is 4.11. The summed E-state index contributed by atoms with van der Waals surface area (Å²) in [4.78, 5) is 4.70. The molecule has 2 rings (SSSR count). The smallest absolute Gasteiger partial charge is 0.191 e. The Bertz CT molecular complexity index is 505. The zero-order valence-electron chi connectivity index (χ0n) is 15.4. The summed E-state index contributed by atoms with van der Waals surface area (Å²) in [7, 11) is 0. The van der Waals surface area contributed by atoms with Gasteiger partial charge in [0.05, 0.1) is 19.3 Å². The molecule has 1 aliphatic heterocycles. The summed E-state index contributed by atoms with van der Waals surface area (Å²) in [6, 6.07) is 8.50. The van der Waals surface area contributed by atoms with Crippen molar-refractivity contribution in [2.75, 3.05) is 32.9 Å². The van der Waals surface area contributed by atoms with Gasteiger partial charge in [-0.1, -0.05) is 31.2 Å². The van der Waals surface area contributed by atoms with Gasteiger partial charge >= 0.3 is 0 Å². The number of aliphatic imine (C=N–C) groups is 1. The topological polar surface area (TPSA) is 54.9 Å². The number of aryl methyl sites for hydroxylation is 1. The molecule has 0 amide bonds. The van der Waals surface area contributed by atoms with Crippen LogP contribution in [0.1, 0.15) is 37.8 Å². The Balaban J connectivity index is 0.00000312. The van der Waals surface area contributed by atoms with E-state index >= 15 is 0 Å². The maximum absolute atomic E-state index is 5.78. The van der Waals surface area contributed by atoms with Crippen LogP contribution in [0.5, 0.6) is 0 Å². The van der Waals surface area contributed by atoms with E-state index in [4.69, 9.17) is 14.5 Å². The zero-order chi connectivity index (χ0) is 17.0. The van der Waals surface area contributed by atoms with Gasteiger partial charge in [0.2, 0.25) is 0 Å². The Morgan fingerprint density at radius 3 is 2.72 bits per heavy atom. The van der Waals surface area contributed by atoms with Gasteiger partial charge in [0.1, 0.15) is 0 Å². The van der Waals surface area contributed by atoms with Crippen LogP contribution in [-0.2, 0) is 22.4 Å². The number of hydrogen-bond acceptors (Lipinski definition) is 3. The van der Waals surface area contributed by atoms with Crippen molar-refractivity contribution in [1.29, 1.82) is 0 Å². The monoisotopic (exact) mass is 461 g/mol. The summed E-state index contributed by atoms with van der Waals surface area (Å²) < 4.78 is 11.1. The van der Waals surface area contributed by atoms with Gasteiger partial charge < -0.3 is 20.1 Å². The molecule has 0 radical (unpaired) electrons. The molecule has 6 heteroatoms. The Morgan fingerprint density at radius 2 is 2.04 bits per heavy atom. The average molecular weight is 461 g/mol. The largest absolute Gasteiger partial charge is 0.379 e. The van der Waals surface area contributed by atoms with E-state index in [1.165, 1.54) is 11.1 Å². The van der Waals surface area contributed by atoms with E-state index in [9.17, 15) is 0 Å². The third-order valence-electron chi connectivity index (χ3n) is 4.11. The van der Waals surface area contributed by atoms with Gasteiger partial charge in [0.15, 0.2) is 5.96 Å². The quantitative estimate of drug-likeness (QED) is 0.257. The first-order valence-corrected chi connectivity index (χ1v) is 9.11. The van der Waals surface area contributed by atoms with Crippen molar-refractivity contribution in [3.8, 4) is 0 Å². The number of nitrogens with one attached hydrogen (secondary N) is 2. The molecule has 142 valence electrons. The molecular formula is C19H32IN3O2. The fourth-order valence-corrected chi connectivity index (χ4v) is 2.74. The Kier molecular flexibility index (Phi) is 11.9. The molecule has 1 aromatic carbocycles. The minimum absolute atomic E-state index is 0. The van der Waals surface area contributed by atoms with E-state index in [0.29, 0.717) is 6.54 Å². The van der Waals surface area contributed by atoms with Gasteiger partial charge in [0, 0.05) is 26.3 Å². The second-order valence-corrected chi connectivity index (χ2v) is 5.95. The summed E-state index contributed by atoms with van der Waals surface area (Å²) in [6.45, 7) is 9.02. The number of hydrogen-bond donors (Lipinski definition) is 2. The molecule has 1 heterocycles. The van der Waals surface area contributed by atoms with Crippen molar-refractivity contribution in [2.24, 2.45) is 4.99 Å². The van der Waals surface area contributed by atoms with Crippen molar-refractivity contribution in [2.45, 2.75) is 45.8 Å². The summed E-state index contributed by atoms with van der Waals surface area (Å²) in [5.74, 6) is 0.868. The minimum atomic E-state index is 0. The number of guanidine groups is 1. The molecule has 1 fully saturated rings. The first-order chi connectivity index (χ1) is 11.8. The summed E-state index contributed by atoms with van der Waals surface area (Å²) in [5.41, 5.74) is 2.66. The average Bonchev–Trinajstić information content (AvgIpc) is 3.13. The lowest BCUT2D eigenvalue weighted by Gasteiger charge is -2.13. The standard InChI is InChI=1S/C19H31N3O2.HI/c1-3-16-8-5-6-9-17(16)14-22-19(20-4-2)21-11-7-12-24-18-10-13-23-15-18;/h5-6,8-9,18H,3-4,7,10-15H2,1-2H3,(H2,20,21,22);1H. The summed E-state index contributed by atoms with van der Waals surface area (Å²) in [5, 5.41) is 6.68. The molecule has 0 saturated carbocycles. The van der Waals surface area contributed by atoms with Gasteiger partial charge in [-0.25, -0.2) is 4.99 Å². The third kappa shape index (κ3) is 8.37. The van der Waals surface area contributed by atoms with E-state index < -0.39 is 0 Å². The molecular weight excluding hydrogens is 429 g/mol. The molecule has 0 bridgehead atoms. The van der Waals surface area contributed by atoms with Gasteiger partial charge in [0.25, 0.3) is 0 Å². The lowest BCUT2D eigenvalue weighted by atomic mass is 10.1. The Hall–Kier alpha value is -0.860. The van der Waals surface area contributed by atoms with Crippen LogP contribution >= 0.6 is 24.0 Å². The van der Waals surface area contributed by atoms with Crippen molar-refractivity contribution in [3.05, 3.63) is 35.4 Å². The van der Waals surface area contributed by atoms with Crippen molar-refractivity contribution < 1.29 is 9.47 Å². The van der Waals surface area contributed by atoms with E-state index in [0.717, 1.165) is 58.1 Å². The van der Waals surface area contributed by atoms with Crippen molar-refractivity contribution in [3.63, 3.8) is 0 Å². The molecule has 0 aromatic heterocycles. The molecule has 25 heavy (non-hydrogen) atoms. The maximum atomic E-state index is 5.78. The Labute approximate surface area is 169 Å². The minimum Gasteiger partial charge on any atom is -0.379 e. The maximum Gasteiger partial charge on any atom is 0.191 e. The van der Waals surface area contributed by atoms with Crippen LogP contribution in [0.15, 0.2) is 29.3 Å². The van der Waals surface area contributed by atoms with Crippen LogP contribution < -0.4 is 10.6 Å². The van der Waals surface area contributed by atoms with Gasteiger partial charge in [-0.15, -0.1) is 24.0 Å². The predicted molar refractivity (Wildman–Crippen MR) is 114 cm³/mol. The van der Waals surface area contributed by atoms with Crippen LogP contribution in [0.4, 0.5) is 0 Å². The van der Waals surface area contributed by atoms with Crippen LogP contribution in [0.2, 0.25) is 0 Å². The van der Waals surface area contributed by atoms with Crippen LogP contribution in [0, 0.1) is 0 Å². The SMILES string of the molecule is CCNC(=NCc1ccccc1CC)NCCCOC1CCOC1.I. The highest BCUT2D eigenvalue weighted by Crippen LogP contribution is 2.10. The highest BCUT2D eigenvalue weighted by Gasteiger charge is 2.15. The van der Waals surface area contributed by atoms with Gasteiger partial charge in [-0.2, -0.15) is 0 Å². The second-order valence-electron chi connectivity index (χ2n) is 5.95. The molecule has 1 atom stereocenters. The second kappa shape index (κ2) is 13.4. The van der Waals surface area contributed by atoms with Crippen molar-refractivity contribution >= 4 is 29.9 Å². The van der Waals surface area contributed by atoms with Crippen LogP contribution in [-0.4, -0.2) is 45.0 Å². The fraction of sp³-hybridized carbons (Fsp3) is 0.632.